The van der Waals surface area contributed by atoms with Crippen molar-refractivity contribution in [2.45, 2.75) is 15.8 Å². The SMILES string of the molecule is CSc1nccc(CSc2ccccc2)n1. The number of aromatic nitrogens is 2. The summed E-state index contributed by atoms with van der Waals surface area (Å²) < 4.78 is 0. The maximum absolute atomic E-state index is 4.44. The number of hydrogen-bond acceptors (Lipinski definition) is 4. The Morgan fingerprint density at radius 3 is 2.69 bits per heavy atom. The van der Waals surface area contributed by atoms with E-state index in [1.54, 1.807) is 23.5 Å². The maximum atomic E-state index is 4.44. The van der Waals surface area contributed by atoms with Crippen molar-refractivity contribution in [1.29, 1.82) is 0 Å². The molecule has 4 heteroatoms. The first-order valence-corrected chi connectivity index (χ1v) is 7.13. The molecular weight excluding hydrogens is 236 g/mol. The summed E-state index contributed by atoms with van der Waals surface area (Å²) in [7, 11) is 0. The van der Waals surface area contributed by atoms with E-state index in [2.05, 4.69) is 34.2 Å². The second-order valence-corrected chi connectivity index (χ2v) is 4.96. The van der Waals surface area contributed by atoms with Gasteiger partial charge in [-0.2, -0.15) is 0 Å². The molecule has 0 spiro atoms. The topological polar surface area (TPSA) is 25.8 Å². The zero-order chi connectivity index (χ0) is 11.2. The Hall–Kier alpha value is -1.00. The highest BCUT2D eigenvalue weighted by Crippen LogP contribution is 2.21. The van der Waals surface area contributed by atoms with Gasteiger partial charge < -0.3 is 0 Å². The molecule has 1 heterocycles. The Bertz CT molecular complexity index is 446. The van der Waals surface area contributed by atoms with Crippen molar-refractivity contribution in [3.63, 3.8) is 0 Å². The first-order chi connectivity index (χ1) is 7.88. The summed E-state index contributed by atoms with van der Waals surface area (Å²) in [5.41, 5.74) is 1.08. The van der Waals surface area contributed by atoms with E-state index >= 15 is 0 Å². The Kier molecular flexibility index (Phi) is 4.25. The molecule has 0 aliphatic rings. The van der Waals surface area contributed by atoms with Crippen molar-refractivity contribution in [2.24, 2.45) is 0 Å². The average Bonchev–Trinajstić information content (AvgIpc) is 2.38. The van der Waals surface area contributed by atoms with Gasteiger partial charge in [0, 0.05) is 16.8 Å². The smallest absolute Gasteiger partial charge is 0.187 e. The predicted octanol–water partition coefficient (Wildman–Crippen LogP) is 3.49. The van der Waals surface area contributed by atoms with Crippen molar-refractivity contribution in [3.05, 3.63) is 48.3 Å². The van der Waals surface area contributed by atoms with Crippen LogP contribution in [0, 0.1) is 0 Å². The zero-order valence-corrected chi connectivity index (χ0v) is 10.6. The van der Waals surface area contributed by atoms with Gasteiger partial charge >= 0.3 is 0 Å². The normalized spacial score (nSPS) is 10.3. The zero-order valence-electron chi connectivity index (χ0n) is 8.96. The lowest BCUT2D eigenvalue weighted by Gasteiger charge is -2.02. The number of hydrogen-bond donors (Lipinski definition) is 0. The predicted molar refractivity (Wildman–Crippen MR) is 69.8 cm³/mol. The van der Waals surface area contributed by atoms with Gasteiger partial charge in [0.15, 0.2) is 5.16 Å². The fourth-order valence-corrected chi connectivity index (χ4v) is 2.43. The molecular formula is C12H12N2S2. The largest absolute Gasteiger partial charge is 0.231 e. The molecule has 0 amide bonds. The van der Waals surface area contributed by atoms with E-state index in [0.29, 0.717) is 0 Å². The van der Waals surface area contributed by atoms with Crippen LogP contribution in [0.15, 0.2) is 52.6 Å². The molecule has 2 aromatic rings. The number of nitrogens with zero attached hydrogens (tertiary/aromatic N) is 2. The molecule has 0 saturated heterocycles. The van der Waals surface area contributed by atoms with Crippen LogP contribution >= 0.6 is 23.5 Å². The van der Waals surface area contributed by atoms with Crippen LogP contribution < -0.4 is 0 Å². The Labute approximate surface area is 104 Å². The Morgan fingerprint density at radius 2 is 1.94 bits per heavy atom. The third kappa shape index (κ3) is 3.25. The van der Waals surface area contributed by atoms with Crippen molar-refractivity contribution in [3.8, 4) is 0 Å². The van der Waals surface area contributed by atoms with Crippen LogP contribution in [-0.2, 0) is 5.75 Å². The van der Waals surface area contributed by atoms with Gasteiger partial charge in [-0.15, -0.1) is 11.8 Å². The highest BCUT2D eigenvalue weighted by Gasteiger charge is 1.99. The van der Waals surface area contributed by atoms with Crippen LogP contribution in [-0.4, -0.2) is 16.2 Å². The summed E-state index contributed by atoms with van der Waals surface area (Å²) in [6, 6.07) is 12.3. The van der Waals surface area contributed by atoms with E-state index in [0.717, 1.165) is 16.6 Å². The Balaban J connectivity index is 1.99. The van der Waals surface area contributed by atoms with Crippen molar-refractivity contribution < 1.29 is 0 Å². The molecule has 0 radical (unpaired) electrons. The summed E-state index contributed by atoms with van der Waals surface area (Å²) in [4.78, 5) is 9.86. The molecule has 16 heavy (non-hydrogen) atoms. The van der Waals surface area contributed by atoms with Gasteiger partial charge in [-0.05, 0) is 24.5 Å². The lowest BCUT2D eigenvalue weighted by atomic mass is 10.4. The number of rotatable bonds is 4. The van der Waals surface area contributed by atoms with Crippen molar-refractivity contribution >= 4 is 23.5 Å². The van der Waals surface area contributed by atoms with E-state index in [9.17, 15) is 0 Å². The molecule has 2 rings (SSSR count). The first-order valence-electron chi connectivity index (χ1n) is 4.92. The second kappa shape index (κ2) is 5.92. The molecule has 0 bridgehead atoms. The summed E-state index contributed by atoms with van der Waals surface area (Å²) in [6.45, 7) is 0. The molecule has 1 aromatic carbocycles. The van der Waals surface area contributed by atoms with E-state index in [1.807, 2.05) is 24.6 Å². The minimum atomic E-state index is 0.839. The average molecular weight is 248 g/mol. The van der Waals surface area contributed by atoms with E-state index < -0.39 is 0 Å². The summed E-state index contributed by atoms with van der Waals surface area (Å²) in [5, 5.41) is 0.839. The molecule has 0 N–H and O–H groups in total. The minimum Gasteiger partial charge on any atom is -0.231 e. The molecule has 0 aliphatic carbocycles. The van der Waals surface area contributed by atoms with Gasteiger partial charge in [0.05, 0.1) is 5.69 Å². The van der Waals surface area contributed by atoms with Gasteiger partial charge in [0.1, 0.15) is 0 Å². The van der Waals surface area contributed by atoms with Gasteiger partial charge in [-0.25, -0.2) is 9.97 Å². The van der Waals surface area contributed by atoms with E-state index in [1.165, 1.54) is 4.90 Å². The molecule has 1 aromatic heterocycles. The molecule has 0 saturated carbocycles. The van der Waals surface area contributed by atoms with Crippen LogP contribution in [0.5, 0.6) is 0 Å². The quantitative estimate of drug-likeness (QED) is 0.611. The summed E-state index contributed by atoms with van der Waals surface area (Å²) in [6.07, 6.45) is 3.81. The fourth-order valence-electron chi connectivity index (χ4n) is 1.23. The second-order valence-electron chi connectivity index (χ2n) is 3.14. The summed E-state index contributed by atoms with van der Waals surface area (Å²) >= 11 is 3.37. The molecule has 2 nitrogen and oxygen atoms in total. The summed E-state index contributed by atoms with van der Waals surface area (Å²) in [5.74, 6) is 0.889. The van der Waals surface area contributed by atoms with Crippen LogP contribution in [0.1, 0.15) is 5.69 Å². The van der Waals surface area contributed by atoms with Gasteiger partial charge in [0.25, 0.3) is 0 Å². The van der Waals surface area contributed by atoms with Gasteiger partial charge in [-0.1, -0.05) is 30.0 Å². The van der Waals surface area contributed by atoms with E-state index in [-0.39, 0.29) is 0 Å². The highest BCUT2D eigenvalue weighted by molar-refractivity contribution is 7.98. The molecule has 0 fully saturated rings. The lowest BCUT2D eigenvalue weighted by molar-refractivity contribution is 0.928. The Morgan fingerprint density at radius 1 is 1.12 bits per heavy atom. The molecule has 0 unspecified atom stereocenters. The molecule has 82 valence electrons. The standard InChI is InChI=1S/C12H12N2S2/c1-15-12-13-8-7-10(14-12)9-16-11-5-3-2-4-6-11/h2-8H,9H2,1H3. The van der Waals surface area contributed by atoms with E-state index in [4.69, 9.17) is 0 Å². The minimum absolute atomic E-state index is 0.839. The van der Waals surface area contributed by atoms with Crippen LogP contribution in [0.25, 0.3) is 0 Å². The van der Waals surface area contributed by atoms with Crippen molar-refractivity contribution in [1.82, 2.24) is 9.97 Å². The van der Waals surface area contributed by atoms with Crippen LogP contribution in [0.2, 0.25) is 0 Å². The highest BCUT2D eigenvalue weighted by atomic mass is 32.2. The fraction of sp³-hybridized carbons (Fsp3) is 0.167. The molecule has 0 atom stereocenters. The maximum Gasteiger partial charge on any atom is 0.187 e. The third-order valence-corrected chi connectivity index (χ3v) is 3.61. The molecule has 0 aliphatic heterocycles. The monoisotopic (exact) mass is 248 g/mol. The van der Waals surface area contributed by atoms with Crippen LogP contribution in [0.4, 0.5) is 0 Å². The third-order valence-electron chi connectivity index (χ3n) is 2.00. The van der Waals surface area contributed by atoms with Gasteiger partial charge in [-0.3, -0.25) is 0 Å². The number of thioether (sulfide) groups is 2. The van der Waals surface area contributed by atoms with Gasteiger partial charge in [0.2, 0.25) is 0 Å². The van der Waals surface area contributed by atoms with Crippen molar-refractivity contribution in [2.75, 3.05) is 6.26 Å². The number of benzene rings is 1. The first kappa shape index (κ1) is 11.5. The van der Waals surface area contributed by atoms with Crippen LogP contribution in [0.3, 0.4) is 0 Å². The lowest BCUT2D eigenvalue weighted by Crippen LogP contribution is -1.91.